The van der Waals surface area contributed by atoms with Crippen LogP contribution in [-0.2, 0) is 4.79 Å². The lowest BCUT2D eigenvalue weighted by molar-refractivity contribution is -0.116. The molecule has 1 fully saturated rings. The van der Waals surface area contributed by atoms with E-state index in [0.29, 0.717) is 18.0 Å². The average molecular weight is 318 g/mol. The molecule has 2 heterocycles. The number of amides is 1. The largest absolute Gasteiger partial charge is 0.478 e. The molecular formula is C11H12BrNO3S. The van der Waals surface area contributed by atoms with Gasteiger partial charge in [0.2, 0.25) is 5.91 Å². The first-order valence-electron chi connectivity index (χ1n) is 5.19. The molecule has 0 saturated carbocycles. The lowest BCUT2D eigenvalue weighted by Gasteiger charge is -2.14. The first-order chi connectivity index (χ1) is 7.91. The molecule has 0 radical (unpaired) electrons. The zero-order chi connectivity index (χ0) is 12.7. The number of hydrogen-bond acceptors (Lipinski definition) is 3. The maximum absolute atomic E-state index is 11.8. The molecule has 1 aliphatic heterocycles. The summed E-state index contributed by atoms with van der Waals surface area (Å²) in [4.78, 5) is 25.7. The fourth-order valence-corrected chi connectivity index (χ4v) is 3.65. The van der Waals surface area contributed by atoms with Crippen molar-refractivity contribution in [3.05, 3.63) is 16.0 Å². The molecular weight excluding hydrogens is 306 g/mol. The number of aromatic carboxylic acids is 1. The van der Waals surface area contributed by atoms with Crippen LogP contribution >= 0.6 is 27.3 Å². The summed E-state index contributed by atoms with van der Waals surface area (Å²) in [5.74, 6) is -0.983. The minimum absolute atomic E-state index is 0.0179. The highest BCUT2D eigenvalue weighted by Crippen LogP contribution is 2.38. The van der Waals surface area contributed by atoms with Gasteiger partial charge in [-0.15, -0.1) is 11.3 Å². The molecule has 1 aromatic heterocycles. The van der Waals surface area contributed by atoms with Gasteiger partial charge in [0.25, 0.3) is 0 Å². The molecule has 1 N–H and O–H groups in total. The maximum atomic E-state index is 11.8. The Bertz CT molecular complexity index is 497. The summed E-state index contributed by atoms with van der Waals surface area (Å²) < 4.78 is 0. The van der Waals surface area contributed by atoms with Gasteiger partial charge < -0.3 is 10.0 Å². The number of carboxylic acids is 1. The number of anilines is 1. The first kappa shape index (κ1) is 12.6. The van der Waals surface area contributed by atoms with Crippen LogP contribution in [0.3, 0.4) is 0 Å². The quantitative estimate of drug-likeness (QED) is 0.853. The molecule has 0 aliphatic carbocycles. The third kappa shape index (κ3) is 2.11. The van der Waals surface area contributed by atoms with Gasteiger partial charge in [0.15, 0.2) is 0 Å². The number of carboxylic acid groups (broad SMARTS) is 1. The molecule has 0 bridgehead atoms. The van der Waals surface area contributed by atoms with Crippen molar-refractivity contribution in [3.8, 4) is 0 Å². The second-order valence-electron chi connectivity index (χ2n) is 4.07. The minimum Gasteiger partial charge on any atom is -0.478 e. The molecule has 6 heteroatoms. The number of carbonyl (C=O) groups is 2. The maximum Gasteiger partial charge on any atom is 0.339 e. The van der Waals surface area contributed by atoms with Crippen molar-refractivity contribution >= 4 is 44.1 Å². The van der Waals surface area contributed by atoms with Crippen LogP contribution in [0.15, 0.2) is 0 Å². The zero-order valence-corrected chi connectivity index (χ0v) is 11.9. The van der Waals surface area contributed by atoms with E-state index in [1.807, 2.05) is 6.92 Å². The van der Waals surface area contributed by atoms with E-state index in [4.69, 9.17) is 0 Å². The van der Waals surface area contributed by atoms with E-state index in [1.54, 1.807) is 11.8 Å². The highest BCUT2D eigenvalue weighted by Gasteiger charge is 2.33. The van der Waals surface area contributed by atoms with Crippen LogP contribution in [0.1, 0.15) is 27.2 Å². The highest BCUT2D eigenvalue weighted by molar-refractivity contribution is 9.09. The molecule has 1 saturated heterocycles. The molecule has 1 aromatic rings. The molecule has 17 heavy (non-hydrogen) atoms. The summed E-state index contributed by atoms with van der Waals surface area (Å²) in [5, 5.41) is 9.80. The number of nitrogens with zero attached hydrogens (tertiary/aromatic N) is 1. The highest BCUT2D eigenvalue weighted by atomic mass is 79.9. The first-order valence-corrected chi connectivity index (χ1v) is 6.92. The lowest BCUT2D eigenvalue weighted by Crippen LogP contribution is -2.25. The fourth-order valence-electron chi connectivity index (χ4n) is 1.91. The summed E-state index contributed by atoms with van der Waals surface area (Å²) in [6, 6.07) is 0. The predicted molar refractivity (Wildman–Crippen MR) is 70.4 cm³/mol. The second kappa shape index (κ2) is 4.42. The molecule has 4 nitrogen and oxygen atoms in total. The lowest BCUT2D eigenvalue weighted by atomic mass is 10.1. The summed E-state index contributed by atoms with van der Waals surface area (Å²) in [5.41, 5.74) is 1.02. The number of hydrogen-bond donors (Lipinski definition) is 1. The van der Waals surface area contributed by atoms with Crippen molar-refractivity contribution in [2.75, 3.05) is 11.4 Å². The summed E-state index contributed by atoms with van der Waals surface area (Å²) in [7, 11) is 0. The molecule has 1 amide bonds. The Morgan fingerprint density at radius 3 is 2.65 bits per heavy atom. The van der Waals surface area contributed by atoms with Crippen molar-refractivity contribution in [3.63, 3.8) is 0 Å². The van der Waals surface area contributed by atoms with Crippen LogP contribution in [0.5, 0.6) is 0 Å². The molecule has 0 aromatic carbocycles. The molecule has 1 aliphatic rings. The van der Waals surface area contributed by atoms with Gasteiger partial charge in [-0.2, -0.15) is 0 Å². The van der Waals surface area contributed by atoms with Gasteiger partial charge in [-0.3, -0.25) is 4.79 Å². The van der Waals surface area contributed by atoms with Crippen LogP contribution < -0.4 is 4.90 Å². The Kier molecular flexibility index (Phi) is 3.27. The van der Waals surface area contributed by atoms with Crippen molar-refractivity contribution < 1.29 is 14.7 Å². The van der Waals surface area contributed by atoms with Gasteiger partial charge in [-0.05, 0) is 19.4 Å². The van der Waals surface area contributed by atoms with E-state index in [0.717, 1.165) is 10.4 Å². The SMILES string of the molecule is Cc1sc(N2CC(Br)CC2=O)c(C(=O)O)c1C. The van der Waals surface area contributed by atoms with E-state index in [-0.39, 0.29) is 16.3 Å². The van der Waals surface area contributed by atoms with E-state index in [9.17, 15) is 14.7 Å². The van der Waals surface area contributed by atoms with E-state index >= 15 is 0 Å². The van der Waals surface area contributed by atoms with Crippen LogP contribution in [0.2, 0.25) is 0 Å². The topological polar surface area (TPSA) is 57.6 Å². The zero-order valence-electron chi connectivity index (χ0n) is 9.49. The van der Waals surface area contributed by atoms with Crippen molar-refractivity contribution in [2.45, 2.75) is 25.1 Å². The van der Waals surface area contributed by atoms with Crippen LogP contribution in [0, 0.1) is 13.8 Å². The Hall–Kier alpha value is -0.880. The third-order valence-electron chi connectivity index (χ3n) is 2.90. The molecule has 92 valence electrons. The van der Waals surface area contributed by atoms with Gasteiger partial charge in [0.1, 0.15) is 5.00 Å². The average Bonchev–Trinajstić information content (AvgIpc) is 2.68. The van der Waals surface area contributed by atoms with E-state index in [2.05, 4.69) is 15.9 Å². The number of aryl methyl sites for hydroxylation is 1. The second-order valence-corrected chi connectivity index (χ2v) is 6.57. The smallest absolute Gasteiger partial charge is 0.339 e. The van der Waals surface area contributed by atoms with Crippen molar-refractivity contribution in [1.29, 1.82) is 0 Å². The number of halogens is 1. The van der Waals surface area contributed by atoms with E-state index < -0.39 is 5.97 Å². The Balaban J connectivity index is 2.49. The molecule has 0 spiro atoms. The predicted octanol–water partition coefficient (Wildman–Crippen LogP) is 2.56. The number of rotatable bonds is 2. The fraction of sp³-hybridized carbons (Fsp3) is 0.455. The van der Waals surface area contributed by atoms with Gasteiger partial charge in [-0.25, -0.2) is 4.79 Å². The van der Waals surface area contributed by atoms with Gasteiger partial charge in [-0.1, -0.05) is 15.9 Å². The molecule has 2 rings (SSSR count). The summed E-state index contributed by atoms with van der Waals surface area (Å²) in [6.07, 6.45) is 0.426. The molecule has 1 unspecified atom stereocenters. The van der Waals surface area contributed by atoms with Crippen LogP contribution in [-0.4, -0.2) is 28.4 Å². The van der Waals surface area contributed by atoms with Crippen molar-refractivity contribution in [2.24, 2.45) is 0 Å². The number of alkyl halides is 1. The van der Waals surface area contributed by atoms with Gasteiger partial charge in [0, 0.05) is 22.7 Å². The monoisotopic (exact) mass is 317 g/mol. The number of carbonyl (C=O) groups excluding carboxylic acids is 1. The normalized spacial score (nSPS) is 20.1. The Labute approximate surface area is 111 Å². The molecule has 1 atom stereocenters. The van der Waals surface area contributed by atoms with Crippen LogP contribution in [0.25, 0.3) is 0 Å². The van der Waals surface area contributed by atoms with Gasteiger partial charge >= 0.3 is 5.97 Å². The summed E-state index contributed by atoms with van der Waals surface area (Å²) >= 11 is 4.77. The van der Waals surface area contributed by atoms with Crippen LogP contribution in [0.4, 0.5) is 5.00 Å². The Morgan fingerprint density at radius 1 is 1.53 bits per heavy atom. The minimum atomic E-state index is -0.965. The van der Waals surface area contributed by atoms with Gasteiger partial charge in [0.05, 0.1) is 5.56 Å². The Morgan fingerprint density at radius 2 is 2.18 bits per heavy atom. The standard InChI is InChI=1S/C11H12BrNO3S/c1-5-6(2)17-10(9(5)11(15)16)13-4-7(12)3-8(13)14/h7H,3-4H2,1-2H3,(H,15,16). The summed E-state index contributed by atoms with van der Waals surface area (Å²) in [6.45, 7) is 4.20. The number of thiophene rings is 1. The van der Waals surface area contributed by atoms with E-state index in [1.165, 1.54) is 11.3 Å². The third-order valence-corrected chi connectivity index (χ3v) is 4.75. The van der Waals surface area contributed by atoms with Crippen molar-refractivity contribution in [1.82, 2.24) is 0 Å².